The number of carbonyl (C=O) groups excluding carboxylic acids is 2. The van der Waals surface area contributed by atoms with Crippen molar-refractivity contribution < 1.29 is 22.7 Å². The highest BCUT2D eigenvalue weighted by atomic mass is 32.2. The molecule has 4 aromatic carbocycles. The van der Waals surface area contributed by atoms with Gasteiger partial charge in [-0.05, 0) is 86.3 Å². The third kappa shape index (κ3) is 8.73. The summed E-state index contributed by atoms with van der Waals surface area (Å²) in [5, 5.41) is 2.97. The van der Waals surface area contributed by atoms with Crippen LogP contribution in [0.25, 0.3) is 0 Å². The van der Waals surface area contributed by atoms with E-state index in [1.165, 1.54) is 17.0 Å². The van der Waals surface area contributed by atoms with Crippen molar-refractivity contribution in [2.24, 2.45) is 0 Å². The molecule has 0 aliphatic heterocycles. The number of rotatable bonds is 13. The minimum absolute atomic E-state index is 0.0606. The quantitative estimate of drug-likeness (QED) is 0.206. The monoisotopic (exact) mass is 627 g/mol. The Morgan fingerprint density at radius 3 is 2.00 bits per heavy atom. The van der Waals surface area contributed by atoms with Gasteiger partial charge in [0.05, 0.1) is 17.7 Å². The van der Waals surface area contributed by atoms with Crippen molar-refractivity contribution in [1.82, 2.24) is 10.2 Å². The summed E-state index contributed by atoms with van der Waals surface area (Å²) in [4.78, 5) is 29.9. The predicted octanol–water partition coefficient (Wildman–Crippen LogP) is 5.67. The lowest BCUT2D eigenvalue weighted by molar-refractivity contribution is -0.140. The first-order chi connectivity index (χ1) is 21.5. The van der Waals surface area contributed by atoms with E-state index in [1.54, 1.807) is 43.5 Å². The maximum atomic E-state index is 14.6. The second kappa shape index (κ2) is 14.9. The number of methoxy groups -OCH3 is 1. The summed E-state index contributed by atoms with van der Waals surface area (Å²) in [6.45, 7) is 7.04. The predicted molar refractivity (Wildman–Crippen MR) is 178 cm³/mol. The molecule has 0 heterocycles. The summed E-state index contributed by atoms with van der Waals surface area (Å²) >= 11 is 0. The molecule has 0 aliphatic rings. The van der Waals surface area contributed by atoms with Crippen LogP contribution in [-0.2, 0) is 32.6 Å². The first-order valence-electron chi connectivity index (χ1n) is 14.9. The minimum atomic E-state index is -4.16. The molecule has 4 aromatic rings. The van der Waals surface area contributed by atoms with Crippen LogP contribution in [0.15, 0.2) is 108 Å². The smallest absolute Gasteiger partial charge is 0.264 e. The van der Waals surface area contributed by atoms with Gasteiger partial charge in [0.25, 0.3) is 10.0 Å². The maximum Gasteiger partial charge on any atom is 0.264 e. The number of aryl methyl sites for hydroxylation is 2. The van der Waals surface area contributed by atoms with Crippen molar-refractivity contribution >= 4 is 27.5 Å². The highest BCUT2D eigenvalue weighted by molar-refractivity contribution is 7.92. The van der Waals surface area contributed by atoms with Gasteiger partial charge in [0, 0.05) is 19.0 Å². The number of amides is 2. The third-order valence-electron chi connectivity index (χ3n) is 7.29. The van der Waals surface area contributed by atoms with Crippen molar-refractivity contribution in [3.05, 3.63) is 125 Å². The molecule has 8 nitrogen and oxygen atoms in total. The fourth-order valence-electron chi connectivity index (χ4n) is 5.25. The Kier molecular flexibility index (Phi) is 11.0. The number of benzene rings is 4. The van der Waals surface area contributed by atoms with Crippen LogP contribution < -0.4 is 14.4 Å². The summed E-state index contributed by atoms with van der Waals surface area (Å²) in [6.07, 6.45) is 0.240. The van der Waals surface area contributed by atoms with Crippen LogP contribution in [-0.4, -0.2) is 50.9 Å². The van der Waals surface area contributed by atoms with Gasteiger partial charge >= 0.3 is 0 Å². The second-order valence-corrected chi connectivity index (χ2v) is 13.3. The van der Waals surface area contributed by atoms with Crippen LogP contribution in [0.3, 0.4) is 0 Å². The zero-order valence-electron chi connectivity index (χ0n) is 26.4. The molecule has 1 atom stereocenters. The van der Waals surface area contributed by atoms with E-state index in [2.05, 4.69) is 5.32 Å². The van der Waals surface area contributed by atoms with Gasteiger partial charge in [0.1, 0.15) is 18.3 Å². The molecule has 0 fully saturated rings. The molecule has 0 spiro atoms. The summed E-state index contributed by atoms with van der Waals surface area (Å²) in [5.74, 6) is -0.236. The number of ether oxygens (including phenoxy) is 1. The molecule has 0 saturated carbocycles. The van der Waals surface area contributed by atoms with E-state index >= 15 is 0 Å². The Morgan fingerprint density at radius 1 is 0.800 bits per heavy atom. The number of nitrogens with one attached hydrogen (secondary N) is 1. The molecule has 9 heteroatoms. The highest BCUT2D eigenvalue weighted by Gasteiger charge is 2.35. The number of carbonyl (C=O) groups is 2. The lowest BCUT2D eigenvalue weighted by Gasteiger charge is -2.34. The Morgan fingerprint density at radius 2 is 1.40 bits per heavy atom. The molecular weight excluding hydrogens is 586 g/mol. The molecule has 0 aliphatic carbocycles. The number of nitrogens with zero attached hydrogens (tertiary/aromatic N) is 2. The van der Waals surface area contributed by atoms with Gasteiger partial charge in [0.15, 0.2) is 0 Å². The third-order valence-corrected chi connectivity index (χ3v) is 9.08. The largest absolute Gasteiger partial charge is 0.497 e. The van der Waals surface area contributed by atoms with Crippen molar-refractivity contribution in [3.63, 3.8) is 0 Å². The molecule has 236 valence electrons. The van der Waals surface area contributed by atoms with E-state index in [1.807, 2.05) is 82.3 Å². The summed E-state index contributed by atoms with van der Waals surface area (Å²) < 4.78 is 34.9. The number of sulfonamides is 1. The molecule has 1 N–H and O–H groups in total. The van der Waals surface area contributed by atoms with Crippen LogP contribution in [0.2, 0.25) is 0 Å². The Hall–Kier alpha value is -4.63. The van der Waals surface area contributed by atoms with Gasteiger partial charge in [0.2, 0.25) is 11.8 Å². The number of hydrogen-bond acceptors (Lipinski definition) is 5. The molecule has 0 aromatic heterocycles. The zero-order chi connectivity index (χ0) is 32.6. The highest BCUT2D eigenvalue weighted by Crippen LogP contribution is 2.27. The van der Waals surface area contributed by atoms with E-state index < -0.39 is 28.5 Å². The van der Waals surface area contributed by atoms with Crippen LogP contribution >= 0.6 is 0 Å². The van der Waals surface area contributed by atoms with Crippen molar-refractivity contribution in [1.29, 1.82) is 0 Å². The normalized spacial score (nSPS) is 12.0. The van der Waals surface area contributed by atoms with Crippen LogP contribution in [0.1, 0.15) is 36.1 Å². The van der Waals surface area contributed by atoms with Gasteiger partial charge in [-0.1, -0.05) is 66.7 Å². The fourth-order valence-corrected chi connectivity index (χ4v) is 6.66. The van der Waals surface area contributed by atoms with Crippen molar-refractivity contribution in [2.75, 3.05) is 18.0 Å². The second-order valence-electron chi connectivity index (χ2n) is 11.4. The van der Waals surface area contributed by atoms with E-state index in [4.69, 9.17) is 4.74 Å². The summed E-state index contributed by atoms with van der Waals surface area (Å²) in [6, 6.07) is 29.2. The molecule has 2 amide bonds. The fraction of sp³-hybridized carbons (Fsp3) is 0.278. The van der Waals surface area contributed by atoms with E-state index in [9.17, 15) is 18.0 Å². The lowest BCUT2D eigenvalue weighted by Crippen LogP contribution is -2.54. The SMILES string of the molecule is COc1cccc(CN(C(=O)CN(c2cc(C)cc(C)c2)S(=O)(=O)c2ccccc2)C(Cc2ccccc2)C(=O)NC(C)C)c1. The molecular formula is C36H41N3O5S. The van der Waals surface area contributed by atoms with Gasteiger partial charge in [-0.15, -0.1) is 0 Å². The van der Waals surface area contributed by atoms with Gasteiger partial charge in [-0.3, -0.25) is 13.9 Å². The van der Waals surface area contributed by atoms with Crippen LogP contribution in [0.4, 0.5) is 5.69 Å². The zero-order valence-corrected chi connectivity index (χ0v) is 27.3. The average Bonchev–Trinajstić information content (AvgIpc) is 3.01. The molecule has 0 radical (unpaired) electrons. The first kappa shape index (κ1) is 33.3. The molecule has 0 saturated heterocycles. The lowest BCUT2D eigenvalue weighted by atomic mass is 10.0. The van der Waals surface area contributed by atoms with Crippen molar-refractivity contribution in [2.45, 2.75) is 57.6 Å². The number of hydrogen-bond donors (Lipinski definition) is 1. The van der Waals surface area contributed by atoms with Crippen LogP contribution in [0.5, 0.6) is 5.75 Å². The summed E-state index contributed by atoms with van der Waals surface area (Å²) in [7, 11) is -2.60. The van der Waals surface area contributed by atoms with E-state index in [0.29, 0.717) is 11.4 Å². The van der Waals surface area contributed by atoms with Crippen molar-refractivity contribution in [3.8, 4) is 5.75 Å². The Labute approximate surface area is 266 Å². The Balaban J connectivity index is 1.83. The Bertz CT molecular complexity index is 1690. The molecule has 1 unspecified atom stereocenters. The molecule has 0 bridgehead atoms. The maximum absolute atomic E-state index is 14.6. The van der Waals surface area contributed by atoms with Gasteiger partial charge in [-0.25, -0.2) is 8.42 Å². The number of anilines is 1. The average molecular weight is 628 g/mol. The van der Waals surface area contributed by atoms with Gasteiger partial charge in [-0.2, -0.15) is 0 Å². The van der Waals surface area contributed by atoms with Crippen LogP contribution in [0, 0.1) is 13.8 Å². The van der Waals surface area contributed by atoms with Gasteiger partial charge < -0.3 is 15.0 Å². The van der Waals surface area contributed by atoms with E-state index in [0.717, 1.165) is 26.6 Å². The standard InChI is InChI=1S/C36H41N3O5S/c1-26(2)37-36(41)34(23-29-13-8-6-9-14-29)38(24-30-15-12-16-32(22-30)44-5)35(40)25-39(31-20-27(3)19-28(4)21-31)45(42,43)33-17-10-7-11-18-33/h6-22,26,34H,23-25H2,1-5H3,(H,37,41). The minimum Gasteiger partial charge on any atom is -0.497 e. The summed E-state index contributed by atoms with van der Waals surface area (Å²) in [5.41, 5.74) is 3.70. The topological polar surface area (TPSA) is 96.0 Å². The van der Waals surface area contributed by atoms with E-state index in [-0.39, 0.29) is 29.8 Å². The first-order valence-corrected chi connectivity index (χ1v) is 16.3. The molecule has 4 rings (SSSR count). The molecule has 45 heavy (non-hydrogen) atoms.